The van der Waals surface area contributed by atoms with E-state index in [1.807, 2.05) is 13.8 Å². The third-order valence-electron chi connectivity index (χ3n) is 1.86. The zero-order valence-corrected chi connectivity index (χ0v) is 10.0. The normalized spacial score (nSPS) is 10.3. The van der Waals surface area contributed by atoms with E-state index in [1.54, 1.807) is 0 Å². The third-order valence-corrected chi connectivity index (χ3v) is 2.22. The number of hydrogen-bond donors (Lipinski definition) is 1. The van der Waals surface area contributed by atoms with Crippen molar-refractivity contribution in [1.82, 2.24) is 0 Å². The monoisotopic (exact) mass is 244 g/mol. The fraction of sp³-hybridized carbons (Fsp3) is 0.364. The highest BCUT2D eigenvalue weighted by atomic mass is 35.5. The van der Waals surface area contributed by atoms with Crippen LogP contribution in [0.25, 0.3) is 0 Å². The molecule has 1 aromatic carbocycles. The van der Waals surface area contributed by atoms with Crippen molar-refractivity contribution in [3.8, 4) is 11.5 Å². The van der Waals surface area contributed by atoms with E-state index in [-0.39, 0.29) is 22.4 Å². The number of carboxylic acid groups (broad SMARTS) is 1. The molecule has 0 aromatic heterocycles. The van der Waals surface area contributed by atoms with Crippen LogP contribution in [0.1, 0.15) is 24.2 Å². The summed E-state index contributed by atoms with van der Waals surface area (Å²) in [7, 11) is 1.37. The van der Waals surface area contributed by atoms with Crippen molar-refractivity contribution >= 4 is 17.6 Å². The van der Waals surface area contributed by atoms with Gasteiger partial charge in [0.05, 0.1) is 13.2 Å². The summed E-state index contributed by atoms with van der Waals surface area (Å²) in [5.74, 6) is -0.555. The summed E-state index contributed by atoms with van der Waals surface area (Å²) in [6, 6.07) is 2.93. The van der Waals surface area contributed by atoms with Crippen LogP contribution in [0.3, 0.4) is 0 Å². The minimum absolute atomic E-state index is 0.0172. The van der Waals surface area contributed by atoms with Gasteiger partial charge in [-0.2, -0.15) is 0 Å². The van der Waals surface area contributed by atoms with Gasteiger partial charge >= 0.3 is 5.97 Å². The molecule has 88 valence electrons. The van der Waals surface area contributed by atoms with E-state index in [2.05, 4.69) is 0 Å². The molecule has 0 saturated heterocycles. The summed E-state index contributed by atoms with van der Waals surface area (Å²) in [6.45, 7) is 3.71. The molecule has 0 spiro atoms. The predicted molar refractivity (Wildman–Crippen MR) is 60.7 cm³/mol. The van der Waals surface area contributed by atoms with Crippen molar-refractivity contribution in [3.05, 3.63) is 22.7 Å². The molecule has 1 rings (SSSR count). The van der Waals surface area contributed by atoms with Gasteiger partial charge in [0.2, 0.25) is 0 Å². The number of ether oxygens (including phenoxy) is 2. The summed E-state index contributed by atoms with van der Waals surface area (Å²) in [5, 5.41) is 9.09. The van der Waals surface area contributed by atoms with Crippen LogP contribution in [0.15, 0.2) is 12.1 Å². The fourth-order valence-electron chi connectivity index (χ4n) is 1.25. The number of rotatable bonds is 4. The Bertz CT molecular complexity index is 401. The van der Waals surface area contributed by atoms with Crippen molar-refractivity contribution < 1.29 is 19.4 Å². The topological polar surface area (TPSA) is 55.8 Å². The molecule has 0 atom stereocenters. The molecular weight excluding hydrogens is 232 g/mol. The Balaban J connectivity index is 3.23. The van der Waals surface area contributed by atoms with Crippen LogP contribution in [0.5, 0.6) is 11.5 Å². The van der Waals surface area contributed by atoms with Crippen LogP contribution in [0, 0.1) is 0 Å². The van der Waals surface area contributed by atoms with Crippen molar-refractivity contribution in [1.29, 1.82) is 0 Å². The lowest BCUT2D eigenvalue weighted by atomic mass is 10.2. The van der Waals surface area contributed by atoms with E-state index in [0.29, 0.717) is 5.75 Å². The first-order chi connectivity index (χ1) is 7.47. The van der Waals surface area contributed by atoms with Gasteiger partial charge in [0.1, 0.15) is 16.3 Å². The van der Waals surface area contributed by atoms with E-state index in [1.165, 1.54) is 19.2 Å². The van der Waals surface area contributed by atoms with Gasteiger partial charge in [-0.3, -0.25) is 0 Å². The molecular formula is C11H13ClO4. The second kappa shape index (κ2) is 5.07. The summed E-state index contributed by atoms with van der Waals surface area (Å²) < 4.78 is 10.4. The van der Waals surface area contributed by atoms with Crippen LogP contribution in [-0.4, -0.2) is 24.3 Å². The molecule has 16 heavy (non-hydrogen) atoms. The zero-order valence-electron chi connectivity index (χ0n) is 9.28. The molecule has 5 heteroatoms. The lowest BCUT2D eigenvalue weighted by molar-refractivity contribution is 0.0693. The van der Waals surface area contributed by atoms with Crippen LogP contribution < -0.4 is 9.47 Å². The molecule has 0 amide bonds. The van der Waals surface area contributed by atoms with E-state index >= 15 is 0 Å². The average Bonchev–Trinajstić information content (AvgIpc) is 2.19. The van der Waals surface area contributed by atoms with E-state index in [4.69, 9.17) is 26.2 Å². The number of methoxy groups -OCH3 is 1. The number of aromatic carboxylic acids is 1. The Kier molecular flexibility index (Phi) is 4.01. The smallest absolute Gasteiger partial charge is 0.339 e. The van der Waals surface area contributed by atoms with E-state index in [0.717, 1.165) is 0 Å². The Morgan fingerprint density at radius 1 is 1.44 bits per heavy atom. The van der Waals surface area contributed by atoms with Gasteiger partial charge < -0.3 is 14.6 Å². The molecule has 0 heterocycles. The molecule has 0 unspecified atom stereocenters. The minimum atomic E-state index is -1.09. The second-order valence-corrected chi connectivity index (χ2v) is 3.81. The molecule has 0 aliphatic rings. The molecule has 0 saturated carbocycles. The number of carboxylic acids is 1. The first-order valence-electron chi connectivity index (χ1n) is 4.73. The lowest BCUT2D eigenvalue weighted by Gasteiger charge is -2.14. The van der Waals surface area contributed by atoms with Crippen molar-refractivity contribution in [2.45, 2.75) is 20.0 Å². The number of halogens is 1. The zero-order chi connectivity index (χ0) is 12.3. The molecule has 1 N–H and O–H groups in total. The first-order valence-corrected chi connectivity index (χ1v) is 5.11. The molecule has 0 bridgehead atoms. The summed E-state index contributed by atoms with van der Waals surface area (Å²) in [6.07, 6.45) is -0.0436. The van der Waals surface area contributed by atoms with Gasteiger partial charge in [0.15, 0.2) is 5.75 Å². The summed E-state index contributed by atoms with van der Waals surface area (Å²) in [4.78, 5) is 10.9. The fourth-order valence-corrected chi connectivity index (χ4v) is 1.54. The summed E-state index contributed by atoms with van der Waals surface area (Å²) >= 11 is 5.99. The quantitative estimate of drug-likeness (QED) is 0.885. The van der Waals surface area contributed by atoms with Gasteiger partial charge in [-0.15, -0.1) is 0 Å². The molecule has 4 nitrogen and oxygen atoms in total. The highest BCUT2D eigenvalue weighted by molar-refractivity contribution is 6.34. The largest absolute Gasteiger partial charge is 0.494 e. The maximum Gasteiger partial charge on any atom is 0.339 e. The molecule has 0 radical (unpaired) electrons. The Morgan fingerprint density at radius 2 is 2.06 bits per heavy atom. The standard InChI is InChI=1S/C11H13ClO4/c1-6(2)16-8-5-4-7(11(13)14)10(15-3)9(8)12/h4-6H,1-3H3,(H,13,14). The van der Waals surface area contributed by atoms with Crippen LogP contribution in [0.2, 0.25) is 5.02 Å². The SMILES string of the molecule is COc1c(C(=O)O)ccc(OC(C)C)c1Cl. The first kappa shape index (κ1) is 12.6. The maximum atomic E-state index is 10.9. The maximum absolute atomic E-state index is 10.9. The third kappa shape index (κ3) is 2.58. The van der Waals surface area contributed by atoms with Crippen molar-refractivity contribution in [2.75, 3.05) is 7.11 Å². The van der Waals surface area contributed by atoms with Crippen LogP contribution >= 0.6 is 11.6 Å². The van der Waals surface area contributed by atoms with Crippen molar-refractivity contribution in [2.24, 2.45) is 0 Å². The molecule has 0 aliphatic heterocycles. The highest BCUT2D eigenvalue weighted by Gasteiger charge is 2.18. The van der Waals surface area contributed by atoms with Gasteiger partial charge in [-0.1, -0.05) is 11.6 Å². The van der Waals surface area contributed by atoms with Gasteiger partial charge in [0.25, 0.3) is 0 Å². The molecule has 1 aromatic rings. The number of benzene rings is 1. The van der Waals surface area contributed by atoms with Crippen molar-refractivity contribution in [3.63, 3.8) is 0 Å². The number of hydrogen-bond acceptors (Lipinski definition) is 3. The number of carbonyl (C=O) groups is 1. The van der Waals surface area contributed by atoms with Gasteiger partial charge in [-0.05, 0) is 26.0 Å². The average molecular weight is 245 g/mol. The predicted octanol–water partition coefficient (Wildman–Crippen LogP) is 2.83. The Hall–Kier alpha value is -1.42. The Morgan fingerprint density at radius 3 is 2.50 bits per heavy atom. The lowest BCUT2D eigenvalue weighted by Crippen LogP contribution is -2.08. The van der Waals surface area contributed by atoms with Gasteiger partial charge in [0, 0.05) is 0 Å². The van der Waals surface area contributed by atoms with Crippen LogP contribution in [0.4, 0.5) is 0 Å². The molecule has 0 fully saturated rings. The summed E-state index contributed by atoms with van der Waals surface area (Å²) in [5.41, 5.74) is 0.0172. The second-order valence-electron chi connectivity index (χ2n) is 3.43. The van der Waals surface area contributed by atoms with E-state index < -0.39 is 5.97 Å². The highest BCUT2D eigenvalue weighted by Crippen LogP contribution is 2.37. The van der Waals surface area contributed by atoms with Gasteiger partial charge in [-0.25, -0.2) is 4.79 Å². The van der Waals surface area contributed by atoms with Crippen LogP contribution in [-0.2, 0) is 0 Å². The minimum Gasteiger partial charge on any atom is -0.494 e. The van der Waals surface area contributed by atoms with E-state index in [9.17, 15) is 4.79 Å². The Labute approximate surface area is 98.7 Å². The molecule has 0 aliphatic carbocycles.